The van der Waals surface area contributed by atoms with E-state index in [0.29, 0.717) is 5.33 Å². The van der Waals surface area contributed by atoms with E-state index in [1.165, 1.54) is 0 Å². The molecule has 0 N–H and O–H groups in total. The van der Waals surface area contributed by atoms with Crippen molar-refractivity contribution in [2.75, 3.05) is 0 Å². The Balaban J connectivity index is 1.98. The highest BCUT2D eigenvalue weighted by Crippen LogP contribution is 2.44. The van der Waals surface area contributed by atoms with Crippen molar-refractivity contribution >= 4 is 31.9 Å². The first-order valence-corrected chi connectivity index (χ1v) is 14.5. The Morgan fingerprint density at radius 2 is 1.19 bits per heavy atom. The molecule has 0 aliphatic carbocycles. The minimum Gasteiger partial charge on any atom is -0.491 e. The number of aryl methyl sites for hydroxylation is 3. The van der Waals surface area contributed by atoms with Crippen LogP contribution in [0.5, 0.6) is 34.5 Å². The summed E-state index contributed by atoms with van der Waals surface area (Å²) in [5, 5.41) is 0.657. The Kier molecular flexibility index (Phi) is 9.62. The fraction of sp³-hybridized carbons (Fsp3) is 0.419. The van der Waals surface area contributed by atoms with Crippen molar-refractivity contribution in [1.29, 1.82) is 0 Å². The molecule has 37 heavy (non-hydrogen) atoms. The second-order valence-corrected chi connectivity index (χ2v) is 11.5. The summed E-state index contributed by atoms with van der Waals surface area (Å²) in [7, 11) is 0. The van der Waals surface area contributed by atoms with Crippen molar-refractivity contribution in [2.45, 2.75) is 86.8 Å². The van der Waals surface area contributed by atoms with Gasteiger partial charge in [0.2, 0.25) is 0 Å². The third-order valence-electron chi connectivity index (χ3n) is 6.19. The Morgan fingerprint density at radius 3 is 1.73 bits per heavy atom. The van der Waals surface area contributed by atoms with Crippen LogP contribution >= 0.6 is 31.9 Å². The monoisotopic (exact) mass is 632 g/mol. The Hall–Kier alpha value is -2.18. The van der Waals surface area contributed by atoms with E-state index in [2.05, 4.69) is 51.8 Å². The first-order chi connectivity index (χ1) is 17.3. The highest BCUT2D eigenvalue weighted by Gasteiger charge is 2.20. The number of hydrogen-bond acceptors (Lipinski definition) is 4. The van der Waals surface area contributed by atoms with Gasteiger partial charge in [-0.25, -0.2) is 0 Å². The Labute approximate surface area is 238 Å². The summed E-state index contributed by atoms with van der Waals surface area (Å²) in [5.74, 6) is 4.98. The molecule has 0 bridgehead atoms. The molecule has 3 aromatic carbocycles. The van der Waals surface area contributed by atoms with Crippen LogP contribution in [0.3, 0.4) is 0 Å². The van der Waals surface area contributed by atoms with Gasteiger partial charge in [-0.05, 0) is 137 Å². The van der Waals surface area contributed by atoms with Gasteiger partial charge in [-0.1, -0.05) is 15.9 Å². The van der Waals surface area contributed by atoms with E-state index in [0.717, 1.165) is 77.9 Å². The van der Waals surface area contributed by atoms with E-state index >= 15 is 0 Å². The van der Waals surface area contributed by atoms with Crippen LogP contribution in [0.25, 0.3) is 0 Å². The number of rotatable bonds is 9. The maximum absolute atomic E-state index is 6.56. The van der Waals surface area contributed by atoms with Gasteiger partial charge in [0.25, 0.3) is 0 Å². The number of hydrogen-bond donors (Lipinski definition) is 0. The molecule has 200 valence electrons. The van der Waals surface area contributed by atoms with Crippen LogP contribution < -0.4 is 18.9 Å². The van der Waals surface area contributed by atoms with Crippen molar-refractivity contribution < 1.29 is 18.9 Å². The molecule has 0 amide bonds. The molecule has 0 atom stereocenters. The third-order valence-corrected chi connectivity index (χ3v) is 7.78. The maximum atomic E-state index is 6.56. The standard InChI is InChI=1S/C31H38Br2O4/c1-16(2)34-26-14-24(15-32)31(22(9)21(26)8)37-27-13-20(7)30(23(10)28(27)33)36-25-11-18(5)29(19(6)12-25)35-17(3)4/h11-14,16-17H,15H2,1-10H3. The first kappa shape index (κ1) is 29.4. The summed E-state index contributed by atoms with van der Waals surface area (Å²) in [6, 6.07) is 8.14. The van der Waals surface area contributed by atoms with Crippen molar-refractivity contribution in [2.24, 2.45) is 0 Å². The zero-order valence-electron chi connectivity index (χ0n) is 23.6. The van der Waals surface area contributed by atoms with Crippen molar-refractivity contribution in [3.8, 4) is 34.5 Å². The van der Waals surface area contributed by atoms with Crippen LogP contribution in [0.15, 0.2) is 28.7 Å². The van der Waals surface area contributed by atoms with Gasteiger partial charge in [0.05, 0.1) is 16.7 Å². The lowest BCUT2D eigenvalue weighted by molar-refractivity contribution is 0.239. The summed E-state index contributed by atoms with van der Waals surface area (Å²) in [5.41, 5.74) is 7.24. The molecule has 6 heteroatoms. The van der Waals surface area contributed by atoms with Crippen LogP contribution in [-0.4, -0.2) is 12.2 Å². The van der Waals surface area contributed by atoms with Crippen LogP contribution in [0, 0.1) is 41.5 Å². The lowest BCUT2D eigenvalue weighted by atomic mass is 10.0. The predicted molar refractivity (Wildman–Crippen MR) is 160 cm³/mol. The Bertz CT molecular complexity index is 1270. The smallest absolute Gasteiger partial charge is 0.142 e. The lowest BCUT2D eigenvalue weighted by Gasteiger charge is -2.22. The predicted octanol–water partition coefficient (Wildman–Crippen LogP) is 10.4. The van der Waals surface area contributed by atoms with E-state index in [9.17, 15) is 0 Å². The molecule has 0 aliphatic heterocycles. The van der Waals surface area contributed by atoms with Gasteiger partial charge >= 0.3 is 0 Å². The number of alkyl halides is 1. The van der Waals surface area contributed by atoms with E-state index in [4.69, 9.17) is 18.9 Å². The van der Waals surface area contributed by atoms with Crippen LogP contribution in [0.4, 0.5) is 0 Å². The number of halogens is 2. The highest BCUT2D eigenvalue weighted by atomic mass is 79.9. The van der Waals surface area contributed by atoms with Crippen LogP contribution in [0.1, 0.15) is 66.6 Å². The fourth-order valence-electron chi connectivity index (χ4n) is 4.30. The molecule has 0 heterocycles. The molecule has 0 saturated heterocycles. The second kappa shape index (κ2) is 12.1. The molecule has 0 unspecified atom stereocenters. The summed E-state index contributed by atoms with van der Waals surface area (Å²) >= 11 is 7.41. The molecule has 4 nitrogen and oxygen atoms in total. The van der Waals surface area contributed by atoms with Crippen LogP contribution in [0.2, 0.25) is 0 Å². The van der Waals surface area contributed by atoms with Gasteiger partial charge in [-0.3, -0.25) is 0 Å². The normalized spacial score (nSPS) is 11.3. The molecular formula is C31H38Br2O4. The van der Waals surface area contributed by atoms with E-state index in [1.54, 1.807) is 0 Å². The maximum Gasteiger partial charge on any atom is 0.142 e. The first-order valence-electron chi connectivity index (χ1n) is 12.6. The molecule has 0 fully saturated rings. The SMILES string of the molecule is Cc1cc(Oc2c(C)cc(Oc3c(CBr)cc(OC(C)C)c(C)c3C)c(Br)c2C)cc(C)c1OC(C)C. The summed E-state index contributed by atoms with van der Waals surface area (Å²) in [6.45, 7) is 20.5. The quantitative estimate of drug-likeness (QED) is 0.220. The zero-order chi connectivity index (χ0) is 27.6. The average molecular weight is 634 g/mol. The van der Waals surface area contributed by atoms with Gasteiger partial charge in [-0.2, -0.15) is 0 Å². The second-order valence-electron chi connectivity index (χ2n) is 10.1. The largest absolute Gasteiger partial charge is 0.491 e. The van der Waals surface area contributed by atoms with E-state index in [-0.39, 0.29) is 12.2 Å². The summed E-state index contributed by atoms with van der Waals surface area (Å²) in [4.78, 5) is 0. The minimum absolute atomic E-state index is 0.103. The summed E-state index contributed by atoms with van der Waals surface area (Å²) < 4.78 is 25.9. The fourth-order valence-corrected chi connectivity index (χ4v) is 5.09. The van der Waals surface area contributed by atoms with Crippen molar-refractivity contribution in [1.82, 2.24) is 0 Å². The highest BCUT2D eigenvalue weighted by molar-refractivity contribution is 9.10. The number of ether oxygens (including phenoxy) is 4. The van der Waals surface area contributed by atoms with Crippen molar-refractivity contribution in [3.63, 3.8) is 0 Å². The van der Waals surface area contributed by atoms with Crippen molar-refractivity contribution in [3.05, 3.63) is 67.7 Å². The number of benzene rings is 3. The molecule has 3 aromatic rings. The molecular weight excluding hydrogens is 596 g/mol. The van der Waals surface area contributed by atoms with Gasteiger partial charge < -0.3 is 18.9 Å². The molecule has 0 aromatic heterocycles. The van der Waals surface area contributed by atoms with Gasteiger partial charge in [0.1, 0.15) is 34.5 Å². The molecule has 0 saturated carbocycles. The lowest BCUT2D eigenvalue weighted by Crippen LogP contribution is -2.08. The third kappa shape index (κ3) is 6.64. The topological polar surface area (TPSA) is 36.9 Å². The van der Waals surface area contributed by atoms with Gasteiger partial charge in [0, 0.05) is 16.5 Å². The molecule has 0 aliphatic rings. The average Bonchev–Trinajstić information content (AvgIpc) is 2.81. The van der Waals surface area contributed by atoms with Gasteiger partial charge in [0.15, 0.2) is 0 Å². The van der Waals surface area contributed by atoms with E-state index in [1.807, 2.05) is 73.6 Å². The molecule has 3 rings (SSSR count). The molecule has 0 spiro atoms. The van der Waals surface area contributed by atoms with E-state index < -0.39 is 0 Å². The molecule has 0 radical (unpaired) electrons. The Morgan fingerprint density at radius 1 is 0.622 bits per heavy atom. The minimum atomic E-state index is 0.103. The zero-order valence-corrected chi connectivity index (χ0v) is 26.7. The van der Waals surface area contributed by atoms with Crippen LogP contribution in [-0.2, 0) is 5.33 Å². The van der Waals surface area contributed by atoms with Gasteiger partial charge in [-0.15, -0.1) is 0 Å². The summed E-state index contributed by atoms with van der Waals surface area (Å²) in [6.07, 6.45) is 0.222.